The van der Waals surface area contributed by atoms with Crippen LogP contribution in [0.4, 0.5) is 4.39 Å². The highest BCUT2D eigenvalue weighted by Gasteiger charge is 2.14. The number of hydrogen-bond acceptors (Lipinski definition) is 1. The first-order valence-corrected chi connectivity index (χ1v) is 8.04. The van der Waals surface area contributed by atoms with Crippen molar-refractivity contribution >= 4 is 31.9 Å². The summed E-state index contributed by atoms with van der Waals surface area (Å²) in [7, 11) is 0. The second-order valence-corrected chi connectivity index (χ2v) is 6.53. The topological polar surface area (TPSA) is 9.23 Å². The summed E-state index contributed by atoms with van der Waals surface area (Å²) in [5.41, 5.74) is 2.08. The van der Waals surface area contributed by atoms with Crippen molar-refractivity contribution in [1.82, 2.24) is 0 Å². The Bertz CT molecular complexity index is 582. The van der Waals surface area contributed by atoms with Crippen LogP contribution in [-0.4, -0.2) is 6.10 Å². The Morgan fingerprint density at radius 2 is 1.70 bits per heavy atom. The normalized spacial score (nSPS) is 12.5. The number of rotatable bonds is 4. The van der Waals surface area contributed by atoms with Gasteiger partial charge in [-0.2, -0.15) is 0 Å². The maximum absolute atomic E-state index is 13.1. The van der Waals surface area contributed by atoms with Crippen molar-refractivity contribution in [2.24, 2.45) is 0 Å². The van der Waals surface area contributed by atoms with Crippen LogP contribution in [0.2, 0.25) is 0 Å². The molecule has 0 aliphatic heterocycles. The third-order valence-corrected chi connectivity index (χ3v) is 4.49. The first kappa shape index (κ1) is 15.5. The molecule has 1 atom stereocenters. The van der Waals surface area contributed by atoms with Crippen LogP contribution in [0.5, 0.6) is 5.75 Å². The van der Waals surface area contributed by atoms with Gasteiger partial charge in [0.05, 0.1) is 10.9 Å². The molecular weight excluding hydrogens is 387 g/mol. The zero-order chi connectivity index (χ0) is 14.7. The molecule has 0 amide bonds. The highest BCUT2D eigenvalue weighted by molar-refractivity contribution is 9.11. The van der Waals surface area contributed by atoms with Gasteiger partial charge in [0.15, 0.2) is 0 Å². The summed E-state index contributed by atoms with van der Waals surface area (Å²) >= 11 is 7.05. The van der Waals surface area contributed by atoms with Gasteiger partial charge in [-0.05, 0) is 49.2 Å². The molecule has 0 spiro atoms. The van der Waals surface area contributed by atoms with E-state index < -0.39 is 0 Å². The molecule has 0 N–H and O–H groups in total. The summed E-state index contributed by atoms with van der Waals surface area (Å²) in [6, 6.07) is 12.6. The number of hydrogen-bond donors (Lipinski definition) is 0. The van der Waals surface area contributed by atoms with E-state index in [9.17, 15) is 4.39 Å². The van der Waals surface area contributed by atoms with Gasteiger partial charge in [-0.25, -0.2) is 4.39 Å². The van der Waals surface area contributed by atoms with Gasteiger partial charge in [-0.3, -0.25) is 0 Å². The summed E-state index contributed by atoms with van der Waals surface area (Å²) in [6.07, 6.45) is 0.159. The Morgan fingerprint density at radius 1 is 1.05 bits per heavy atom. The second kappa shape index (κ2) is 6.72. The highest BCUT2D eigenvalue weighted by Crippen LogP contribution is 2.36. The zero-order valence-corrected chi connectivity index (χ0v) is 14.4. The van der Waals surface area contributed by atoms with Crippen molar-refractivity contribution in [3.8, 4) is 5.75 Å². The lowest BCUT2D eigenvalue weighted by atomic mass is 10.0. The van der Waals surface area contributed by atoms with Crippen LogP contribution < -0.4 is 4.74 Å². The summed E-state index contributed by atoms with van der Waals surface area (Å²) in [4.78, 5) is 0.00516. The fraction of sp³-hybridized carbons (Fsp3) is 0.250. The Balaban J connectivity index is 2.22. The molecule has 106 valence electrons. The molecule has 0 saturated carbocycles. The van der Waals surface area contributed by atoms with Crippen molar-refractivity contribution in [2.45, 2.75) is 24.8 Å². The van der Waals surface area contributed by atoms with Crippen LogP contribution >= 0.6 is 31.9 Å². The van der Waals surface area contributed by atoms with Gasteiger partial charge in [0.1, 0.15) is 11.6 Å². The van der Waals surface area contributed by atoms with E-state index in [2.05, 4.69) is 31.9 Å². The van der Waals surface area contributed by atoms with Gasteiger partial charge in [0.25, 0.3) is 0 Å². The van der Waals surface area contributed by atoms with Gasteiger partial charge < -0.3 is 4.74 Å². The molecule has 0 aliphatic rings. The van der Waals surface area contributed by atoms with Crippen LogP contribution in [-0.2, 0) is 0 Å². The maximum Gasteiger partial charge on any atom is 0.124 e. The first-order valence-electron chi connectivity index (χ1n) is 6.33. The molecule has 2 aromatic rings. The van der Waals surface area contributed by atoms with Gasteiger partial charge in [-0.15, -0.1) is 0 Å². The molecule has 0 fully saturated rings. The van der Waals surface area contributed by atoms with Gasteiger partial charge >= 0.3 is 0 Å². The summed E-state index contributed by atoms with van der Waals surface area (Å²) < 4.78 is 19.5. The molecular formula is C16H15Br2FO. The monoisotopic (exact) mass is 400 g/mol. The summed E-state index contributed by atoms with van der Waals surface area (Å²) in [5, 5.41) is 0. The molecule has 20 heavy (non-hydrogen) atoms. The number of alkyl halides is 1. The van der Waals surface area contributed by atoms with Crippen molar-refractivity contribution in [3.05, 3.63) is 63.9 Å². The Kier molecular flexibility index (Phi) is 5.22. The van der Waals surface area contributed by atoms with Crippen molar-refractivity contribution in [1.29, 1.82) is 0 Å². The molecule has 1 nitrogen and oxygen atoms in total. The third-order valence-electron chi connectivity index (χ3n) is 2.78. The smallest absolute Gasteiger partial charge is 0.124 e. The number of ether oxygens (including phenoxy) is 1. The average Bonchev–Trinajstić information content (AvgIpc) is 2.38. The minimum Gasteiger partial charge on any atom is -0.491 e. The standard InChI is InChI=1S/C16H15Br2FO/c1-10(2)20-13-6-3-11(4-7-13)16(18)14-8-5-12(19)9-15(14)17/h3-10,16H,1-2H3. The lowest BCUT2D eigenvalue weighted by Crippen LogP contribution is -2.05. The third kappa shape index (κ3) is 3.83. The molecule has 0 aromatic heterocycles. The molecule has 0 heterocycles. The van der Waals surface area contributed by atoms with Crippen molar-refractivity contribution in [2.75, 3.05) is 0 Å². The summed E-state index contributed by atoms with van der Waals surface area (Å²) in [5.74, 6) is 0.600. The van der Waals surface area contributed by atoms with E-state index in [1.165, 1.54) is 12.1 Å². The Morgan fingerprint density at radius 3 is 2.25 bits per heavy atom. The Hall–Kier alpha value is -0.870. The van der Waals surface area contributed by atoms with Crippen LogP contribution in [0.25, 0.3) is 0 Å². The summed E-state index contributed by atoms with van der Waals surface area (Å²) in [6.45, 7) is 3.99. The largest absolute Gasteiger partial charge is 0.491 e. The van der Waals surface area contributed by atoms with E-state index >= 15 is 0 Å². The predicted octanol–water partition coefficient (Wildman–Crippen LogP) is 5.86. The van der Waals surface area contributed by atoms with Crippen molar-refractivity contribution < 1.29 is 9.13 Å². The van der Waals surface area contributed by atoms with E-state index in [0.717, 1.165) is 21.3 Å². The van der Waals surface area contributed by atoms with Gasteiger partial charge in [0.2, 0.25) is 0 Å². The maximum atomic E-state index is 13.1. The number of halogens is 3. The van der Waals surface area contributed by atoms with E-state index in [-0.39, 0.29) is 16.7 Å². The molecule has 0 radical (unpaired) electrons. The SMILES string of the molecule is CC(C)Oc1ccc(C(Br)c2ccc(F)cc2Br)cc1. The van der Waals surface area contributed by atoms with Crippen LogP contribution in [0.15, 0.2) is 46.9 Å². The molecule has 1 unspecified atom stereocenters. The molecule has 2 rings (SSSR count). The average molecular weight is 402 g/mol. The minimum absolute atomic E-state index is 0.00516. The molecule has 0 saturated heterocycles. The van der Waals surface area contributed by atoms with Crippen LogP contribution in [0, 0.1) is 5.82 Å². The van der Waals surface area contributed by atoms with E-state index in [4.69, 9.17) is 4.74 Å². The molecule has 2 aromatic carbocycles. The Labute approximate surface area is 135 Å². The highest BCUT2D eigenvalue weighted by atomic mass is 79.9. The zero-order valence-electron chi connectivity index (χ0n) is 11.2. The second-order valence-electron chi connectivity index (χ2n) is 4.76. The number of benzene rings is 2. The van der Waals surface area contributed by atoms with Gasteiger partial charge in [0, 0.05) is 4.47 Å². The predicted molar refractivity (Wildman–Crippen MR) is 87.1 cm³/mol. The van der Waals surface area contributed by atoms with Crippen molar-refractivity contribution in [3.63, 3.8) is 0 Å². The minimum atomic E-state index is -0.249. The molecule has 4 heteroatoms. The lowest BCUT2D eigenvalue weighted by molar-refractivity contribution is 0.242. The van der Waals surface area contributed by atoms with Gasteiger partial charge in [-0.1, -0.05) is 50.1 Å². The quantitative estimate of drug-likeness (QED) is 0.583. The van der Waals surface area contributed by atoms with E-state index in [1.54, 1.807) is 6.07 Å². The van der Waals surface area contributed by atoms with E-state index in [0.29, 0.717) is 0 Å². The molecule has 0 aliphatic carbocycles. The van der Waals surface area contributed by atoms with E-state index in [1.807, 2.05) is 38.1 Å². The fourth-order valence-corrected chi connectivity index (χ4v) is 3.47. The first-order chi connectivity index (χ1) is 9.47. The fourth-order valence-electron chi connectivity index (χ4n) is 1.87. The molecule has 0 bridgehead atoms. The van der Waals surface area contributed by atoms with Crippen LogP contribution in [0.1, 0.15) is 29.8 Å². The van der Waals surface area contributed by atoms with Crippen LogP contribution in [0.3, 0.4) is 0 Å². The lowest BCUT2D eigenvalue weighted by Gasteiger charge is -2.14.